The lowest BCUT2D eigenvalue weighted by atomic mass is 10.1. The van der Waals surface area contributed by atoms with Crippen LogP contribution in [-0.2, 0) is 11.2 Å². The lowest BCUT2D eigenvalue weighted by Crippen LogP contribution is -2.13. The largest absolute Gasteiger partial charge is 0.508 e. The third kappa shape index (κ3) is 3.32. The third-order valence-electron chi connectivity index (χ3n) is 3.19. The molecule has 5 heteroatoms. The summed E-state index contributed by atoms with van der Waals surface area (Å²) in [4.78, 5) is 17.1. The first-order valence-electron chi connectivity index (χ1n) is 6.78. The first-order chi connectivity index (χ1) is 10.7. The molecule has 0 spiro atoms. The maximum atomic E-state index is 12.1. The van der Waals surface area contributed by atoms with Crippen molar-refractivity contribution < 1.29 is 9.90 Å². The number of hydrogen-bond acceptors (Lipinski definition) is 4. The smallest absolute Gasteiger partial charge is 0.228 e. The predicted octanol–water partition coefficient (Wildman–Crippen LogP) is 3.70. The number of nitrogens with one attached hydrogen (secondary N) is 1. The van der Waals surface area contributed by atoms with Crippen LogP contribution in [0.2, 0.25) is 0 Å². The summed E-state index contributed by atoms with van der Waals surface area (Å²) in [5.74, 6) is -0.0129. The second-order valence-electron chi connectivity index (χ2n) is 4.79. The van der Waals surface area contributed by atoms with Gasteiger partial charge < -0.3 is 10.4 Å². The molecule has 0 aliphatic rings. The van der Waals surface area contributed by atoms with Crippen LogP contribution < -0.4 is 5.32 Å². The summed E-state index contributed by atoms with van der Waals surface area (Å²) < 4.78 is 0. The van der Waals surface area contributed by atoms with E-state index in [1.54, 1.807) is 48.0 Å². The van der Waals surface area contributed by atoms with Crippen LogP contribution in [0.1, 0.15) is 5.56 Å². The molecule has 0 radical (unpaired) electrons. The third-order valence-corrected chi connectivity index (χ3v) is 4.17. The van der Waals surface area contributed by atoms with Gasteiger partial charge in [-0.1, -0.05) is 18.2 Å². The Morgan fingerprint density at radius 1 is 1.18 bits per heavy atom. The number of para-hydroxylation sites is 1. The van der Waals surface area contributed by atoms with Gasteiger partial charge >= 0.3 is 0 Å². The highest BCUT2D eigenvalue weighted by Crippen LogP contribution is 2.29. The Morgan fingerprint density at radius 3 is 2.73 bits per heavy atom. The Hall–Kier alpha value is -2.66. The zero-order valence-electron chi connectivity index (χ0n) is 11.7. The Labute approximate surface area is 132 Å². The molecule has 1 aromatic carbocycles. The van der Waals surface area contributed by atoms with Crippen LogP contribution in [0.4, 0.5) is 5.69 Å². The highest BCUT2D eigenvalue weighted by molar-refractivity contribution is 7.14. The number of aromatic hydroxyl groups is 1. The molecule has 0 unspecified atom stereocenters. The van der Waals surface area contributed by atoms with E-state index in [0.717, 1.165) is 16.1 Å². The number of anilines is 1. The van der Waals surface area contributed by atoms with Crippen LogP contribution in [0, 0.1) is 0 Å². The number of phenols is 1. The van der Waals surface area contributed by atoms with E-state index < -0.39 is 0 Å². The lowest BCUT2D eigenvalue weighted by Gasteiger charge is -2.04. The number of pyridine rings is 1. The second kappa shape index (κ2) is 6.41. The molecule has 0 aliphatic carbocycles. The summed E-state index contributed by atoms with van der Waals surface area (Å²) in [7, 11) is 0. The van der Waals surface area contributed by atoms with Gasteiger partial charge in [0.15, 0.2) is 0 Å². The van der Waals surface area contributed by atoms with Gasteiger partial charge in [0, 0.05) is 28.2 Å². The molecule has 2 heterocycles. The Bertz CT molecular complexity index is 784. The zero-order chi connectivity index (χ0) is 15.4. The fraction of sp³-hybridized carbons (Fsp3) is 0.0588. The number of carbonyl (C=O) groups excluding carboxylic acids is 1. The molecule has 2 aromatic heterocycles. The van der Waals surface area contributed by atoms with Gasteiger partial charge in [0.1, 0.15) is 5.75 Å². The molecule has 4 nitrogen and oxygen atoms in total. The topological polar surface area (TPSA) is 62.2 Å². The second-order valence-corrected chi connectivity index (χ2v) is 5.70. The minimum absolute atomic E-state index is 0.139. The average Bonchev–Trinajstić information content (AvgIpc) is 2.99. The van der Waals surface area contributed by atoms with Crippen molar-refractivity contribution in [1.29, 1.82) is 0 Å². The first kappa shape index (κ1) is 14.3. The van der Waals surface area contributed by atoms with E-state index in [1.807, 2.05) is 23.6 Å². The maximum absolute atomic E-state index is 12.1. The van der Waals surface area contributed by atoms with Crippen LogP contribution in [0.3, 0.4) is 0 Å². The number of phenolic OH excluding ortho intramolecular Hbond substituents is 1. The van der Waals surface area contributed by atoms with E-state index in [-0.39, 0.29) is 18.1 Å². The first-order valence-corrected chi connectivity index (χ1v) is 7.66. The van der Waals surface area contributed by atoms with Crippen LogP contribution >= 0.6 is 11.3 Å². The van der Waals surface area contributed by atoms with Crippen LogP contribution in [0.5, 0.6) is 5.75 Å². The van der Waals surface area contributed by atoms with Crippen molar-refractivity contribution in [2.75, 3.05) is 5.32 Å². The van der Waals surface area contributed by atoms with Gasteiger partial charge in [-0.3, -0.25) is 9.78 Å². The minimum atomic E-state index is -0.152. The lowest BCUT2D eigenvalue weighted by molar-refractivity contribution is -0.115. The number of thiophene rings is 1. The number of aromatic nitrogens is 1. The van der Waals surface area contributed by atoms with Crippen molar-refractivity contribution in [2.45, 2.75) is 6.42 Å². The van der Waals surface area contributed by atoms with Gasteiger partial charge in [-0.05, 0) is 29.8 Å². The standard InChI is InChI=1S/C17H14N2O2S/c20-15-4-2-1-3-13(15)9-17(21)19-14-10-16(22-11-14)12-5-7-18-8-6-12/h1-8,10-11,20H,9H2,(H,19,21). The fourth-order valence-electron chi connectivity index (χ4n) is 2.11. The van der Waals surface area contributed by atoms with Crippen molar-refractivity contribution in [1.82, 2.24) is 4.98 Å². The van der Waals surface area contributed by atoms with Crippen LogP contribution in [0.25, 0.3) is 10.4 Å². The summed E-state index contributed by atoms with van der Waals surface area (Å²) >= 11 is 1.56. The number of hydrogen-bond donors (Lipinski definition) is 2. The van der Waals surface area contributed by atoms with E-state index in [2.05, 4.69) is 10.3 Å². The molecule has 0 saturated carbocycles. The number of nitrogens with zero attached hydrogens (tertiary/aromatic N) is 1. The number of amides is 1. The van der Waals surface area contributed by atoms with Crippen molar-refractivity contribution in [3.63, 3.8) is 0 Å². The minimum Gasteiger partial charge on any atom is -0.508 e. The van der Waals surface area contributed by atoms with Gasteiger partial charge in [-0.2, -0.15) is 0 Å². The molecule has 3 aromatic rings. The van der Waals surface area contributed by atoms with Gasteiger partial charge in [0.05, 0.1) is 12.1 Å². The molecular formula is C17H14N2O2S. The fourth-order valence-corrected chi connectivity index (χ4v) is 2.96. The average molecular weight is 310 g/mol. The van der Waals surface area contributed by atoms with Crippen LogP contribution in [0.15, 0.2) is 60.2 Å². The van der Waals surface area contributed by atoms with E-state index in [1.165, 1.54) is 0 Å². The monoisotopic (exact) mass is 310 g/mol. The normalized spacial score (nSPS) is 10.4. The van der Waals surface area contributed by atoms with Gasteiger partial charge in [0.2, 0.25) is 5.91 Å². The van der Waals surface area contributed by atoms with Gasteiger partial charge in [-0.15, -0.1) is 11.3 Å². The molecule has 0 bridgehead atoms. The maximum Gasteiger partial charge on any atom is 0.228 e. The Kier molecular flexibility index (Phi) is 4.16. The SMILES string of the molecule is O=C(Cc1ccccc1O)Nc1csc(-c2ccncc2)c1. The number of carbonyl (C=O) groups is 1. The quantitative estimate of drug-likeness (QED) is 0.772. The summed E-state index contributed by atoms with van der Waals surface area (Å²) in [6.07, 6.45) is 3.63. The highest BCUT2D eigenvalue weighted by atomic mass is 32.1. The molecule has 1 amide bonds. The van der Waals surface area contributed by atoms with Crippen molar-refractivity contribution >= 4 is 22.9 Å². The summed E-state index contributed by atoms with van der Waals surface area (Å²) in [5, 5.41) is 14.4. The van der Waals surface area contributed by atoms with E-state index in [4.69, 9.17) is 0 Å². The molecule has 0 aliphatic heterocycles. The van der Waals surface area contributed by atoms with Crippen LogP contribution in [-0.4, -0.2) is 16.0 Å². The van der Waals surface area contributed by atoms with Crippen molar-refractivity contribution in [2.24, 2.45) is 0 Å². The molecule has 2 N–H and O–H groups in total. The van der Waals surface area contributed by atoms with Gasteiger partial charge in [-0.25, -0.2) is 0 Å². The summed E-state index contributed by atoms with van der Waals surface area (Å²) in [5.41, 5.74) is 2.45. The molecule has 0 saturated heterocycles. The number of rotatable bonds is 4. The summed E-state index contributed by atoms with van der Waals surface area (Å²) in [6, 6.07) is 12.6. The summed E-state index contributed by atoms with van der Waals surface area (Å²) in [6.45, 7) is 0. The van der Waals surface area contributed by atoms with Gasteiger partial charge in [0.25, 0.3) is 0 Å². The zero-order valence-corrected chi connectivity index (χ0v) is 12.5. The number of benzene rings is 1. The van der Waals surface area contributed by atoms with E-state index >= 15 is 0 Å². The van der Waals surface area contributed by atoms with Crippen molar-refractivity contribution in [3.05, 3.63) is 65.8 Å². The highest BCUT2D eigenvalue weighted by Gasteiger charge is 2.09. The molecule has 22 heavy (non-hydrogen) atoms. The molecular weight excluding hydrogens is 296 g/mol. The molecule has 0 fully saturated rings. The Morgan fingerprint density at radius 2 is 1.95 bits per heavy atom. The Balaban J connectivity index is 1.68. The van der Waals surface area contributed by atoms with Crippen molar-refractivity contribution in [3.8, 4) is 16.2 Å². The molecule has 110 valence electrons. The molecule has 0 atom stereocenters. The predicted molar refractivity (Wildman–Crippen MR) is 88.0 cm³/mol. The van der Waals surface area contributed by atoms with E-state index in [9.17, 15) is 9.90 Å². The molecule has 3 rings (SSSR count). The van der Waals surface area contributed by atoms with E-state index in [0.29, 0.717) is 5.56 Å².